The molecule has 0 spiro atoms. The fourth-order valence-electron chi connectivity index (χ4n) is 2.41. The van der Waals surface area contributed by atoms with Gasteiger partial charge in [0.15, 0.2) is 0 Å². The predicted molar refractivity (Wildman–Crippen MR) is 78.9 cm³/mol. The summed E-state index contributed by atoms with van der Waals surface area (Å²) in [5.41, 5.74) is 6.88. The van der Waals surface area contributed by atoms with Gasteiger partial charge in [-0.05, 0) is 45.0 Å². The number of nitrogens with zero attached hydrogens (tertiary/aromatic N) is 1. The second-order valence-corrected chi connectivity index (χ2v) is 5.74. The van der Waals surface area contributed by atoms with Crippen LogP contribution in [0.5, 0.6) is 0 Å². The van der Waals surface area contributed by atoms with Crippen LogP contribution in [0.3, 0.4) is 0 Å². The van der Waals surface area contributed by atoms with Crippen LogP contribution in [0.1, 0.15) is 30.1 Å². The van der Waals surface area contributed by atoms with Crippen molar-refractivity contribution in [3.8, 4) is 0 Å². The normalized spacial score (nSPS) is 18.4. The summed E-state index contributed by atoms with van der Waals surface area (Å²) in [6.07, 6.45) is 2.13. The van der Waals surface area contributed by atoms with E-state index in [4.69, 9.17) is 17.3 Å². The molecule has 1 fully saturated rings. The highest BCUT2D eigenvalue weighted by molar-refractivity contribution is 6.33. The summed E-state index contributed by atoms with van der Waals surface area (Å²) in [4.78, 5) is 13.4. The third kappa shape index (κ3) is 3.01. The smallest absolute Gasteiger partial charge is 0.248 e. The van der Waals surface area contributed by atoms with Crippen LogP contribution >= 0.6 is 11.6 Å². The maximum Gasteiger partial charge on any atom is 0.248 e. The minimum Gasteiger partial charge on any atom is -0.370 e. The molecule has 1 aromatic carbocycles. The number of carbonyl (C=O) groups is 1. The number of anilines is 1. The Bertz CT molecular complexity index is 482. The Morgan fingerprint density at radius 2 is 2.05 bits per heavy atom. The topological polar surface area (TPSA) is 58.4 Å². The van der Waals surface area contributed by atoms with E-state index in [1.54, 1.807) is 12.1 Å². The van der Waals surface area contributed by atoms with Crippen LogP contribution in [0.15, 0.2) is 18.2 Å². The molecular formula is C14H20ClN3O. The van der Waals surface area contributed by atoms with Crippen LogP contribution < -0.4 is 16.0 Å². The van der Waals surface area contributed by atoms with E-state index >= 15 is 0 Å². The van der Waals surface area contributed by atoms with Crippen LogP contribution in [0, 0.1) is 0 Å². The van der Waals surface area contributed by atoms with Crippen molar-refractivity contribution < 1.29 is 4.79 Å². The monoisotopic (exact) mass is 281 g/mol. The predicted octanol–water partition coefficient (Wildman–Crippen LogP) is 2.02. The molecule has 1 heterocycles. The first kappa shape index (κ1) is 14.2. The Hall–Kier alpha value is -1.26. The van der Waals surface area contributed by atoms with Gasteiger partial charge >= 0.3 is 0 Å². The third-order valence-corrected chi connectivity index (χ3v) is 4.35. The van der Waals surface area contributed by atoms with Gasteiger partial charge in [0.2, 0.25) is 5.91 Å². The van der Waals surface area contributed by atoms with Gasteiger partial charge in [-0.25, -0.2) is 0 Å². The average Bonchev–Trinajstić information content (AvgIpc) is 2.40. The Labute approximate surface area is 118 Å². The van der Waals surface area contributed by atoms with Crippen LogP contribution in [-0.4, -0.2) is 31.6 Å². The zero-order valence-corrected chi connectivity index (χ0v) is 12.1. The minimum atomic E-state index is -0.449. The van der Waals surface area contributed by atoms with Gasteiger partial charge in [-0.2, -0.15) is 0 Å². The lowest BCUT2D eigenvalue weighted by atomic mass is 9.89. The van der Waals surface area contributed by atoms with Crippen molar-refractivity contribution in [3.05, 3.63) is 28.8 Å². The number of nitrogens with one attached hydrogen (secondary N) is 1. The minimum absolute atomic E-state index is 0.205. The summed E-state index contributed by atoms with van der Waals surface area (Å²) in [6, 6.07) is 5.25. The van der Waals surface area contributed by atoms with E-state index in [2.05, 4.69) is 17.1 Å². The summed E-state index contributed by atoms with van der Waals surface area (Å²) in [6.45, 7) is 4.14. The molecule has 2 rings (SSSR count). The number of piperidine rings is 1. The van der Waals surface area contributed by atoms with E-state index in [0.717, 1.165) is 31.6 Å². The van der Waals surface area contributed by atoms with Crippen molar-refractivity contribution in [3.63, 3.8) is 0 Å². The van der Waals surface area contributed by atoms with Gasteiger partial charge in [-0.15, -0.1) is 0 Å². The molecule has 5 heteroatoms. The number of hydrogen-bond acceptors (Lipinski definition) is 3. The van der Waals surface area contributed by atoms with Gasteiger partial charge in [-0.3, -0.25) is 4.79 Å². The maximum atomic E-state index is 11.1. The molecule has 0 aromatic heterocycles. The van der Waals surface area contributed by atoms with Crippen molar-refractivity contribution in [1.82, 2.24) is 5.32 Å². The largest absolute Gasteiger partial charge is 0.370 e. The van der Waals surface area contributed by atoms with Crippen LogP contribution in [0.2, 0.25) is 5.02 Å². The number of amides is 1. The summed E-state index contributed by atoms with van der Waals surface area (Å²) in [5.74, 6) is -0.449. The molecule has 1 aliphatic rings. The molecule has 1 aromatic rings. The molecule has 0 bridgehead atoms. The highest BCUT2D eigenvalue weighted by Gasteiger charge is 2.29. The SMILES string of the molecule is CNC1(C)CCN(c2ccc(C(N)=O)cc2Cl)CC1. The van der Waals surface area contributed by atoms with Gasteiger partial charge in [0.25, 0.3) is 0 Å². The summed E-state index contributed by atoms with van der Waals surface area (Å²) in [7, 11) is 2.00. The van der Waals surface area contributed by atoms with Crippen molar-refractivity contribution in [2.45, 2.75) is 25.3 Å². The molecule has 19 heavy (non-hydrogen) atoms. The standard InChI is InChI=1S/C14H20ClN3O/c1-14(17-2)5-7-18(8-6-14)12-4-3-10(13(16)19)9-11(12)15/h3-4,9,17H,5-8H2,1-2H3,(H2,16,19). The lowest BCUT2D eigenvalue weighted by Gasteiger charge is -2.40. The van der Waals surface area contributed by atoms with Crippen LogP contribution in [0.25, 0.3) is 0 Å². The van der Waals surface area contributed by atoms with Gasteiger partial charge in [-0.1, -0.05) is 11.6 Å². The first-order chi connectivity index (χ1) is 8.95. The number of hydrogen-bond donors (Lipinski definition) is 2. The van der Waals surface area contributed by atoms with Crippen molar-refractivity contribution in [2.24, 2.45) is 5.73 Å². The first-order valence-electron chi connectivity index (χ1n) is 6.48. The number of benzene rings is 1. The Morgan fingerprint density at radius 3 is 2.53 bits per heavy atom. The van der Waals surface area contributed by atoms with Gasteiger partial charge < -0.3 is 16.0 Å². The fraction of sp³-hybridized carbons (Fsp3) is 0.500. The first-order valence-corrected chi connectivity index (χ1v) is 6.86. The van der Waals surface area contributed by atoms with E-state index in [0.29, 0.717) is 10.6 Å². The zero-order valence-electron chi connectivity index (χ0n) is 11.4. The Balaban J connectivity index is 2.14. The molecule has 4 nitrogen and oxygen atoms in total. The lowest BCUT2D eigenvalue weighted by Crippen LogP contribution is -2.50. The Morgan fingerprint density at radius 1 is 1.42 bits per heavy atom. The van der Waals surface area contributed by atoms with Gasteiger partial charge in [0, 0.05) is 24.2 Å². The fourth-order valence-corrected chi connectivity index (χ4v) is 2.71. The van der Waals surface area contributed by atoms with Crippen LogP contribution in [-0.2, 0) is 0 Å². The molecule has 0 unspecified atom stereocenters. The molecule has 0 saturated carbocycles. The van der Waals surface area contributed by atoms with Gasteiger partial charge in [0.05, 0.1) is 10.7 Å². The number of halogens is 1. The number of rotatable bonds is 3. The van der Waals surface area contributed by atoms with E-state index in [1.165, 1.54) is 0 Å². The van der Waals surface area contributed by atoms with Crippen LogP contribution in [0.4, 0.5) is 5.69 Å². The lowest BCUT2D eigenvalue weighted by molar-refractivity contribution is 0.100. The highest BCUT2D eigenvalue weighted by Crippen LogP contribution is 2.31. The summed E-state index contributed by atoms with van der Waals surface area (Å²) in [5, 5.41) is 3.96. The number of nitrogens with two attached hydrogens (primary N) is 1. The second kappa shape index (κ2) is 5.39. The van der Waals surface area contributed by atoms with Crippen molar-refractivity contribution in [1.29, 1.82) is 0 Å². The second-order valence-electron chi connectivity index (χ2n) is 5.33. The molecule has 3 N–H and O–H groups in total. The molecule has 1 amide bonds. The Kier molecular flexibility index (Phi) is 4.02. The summed E-state index contributed by atoms with van der Waals surface area (Å²) < 4.78 is 0. The number of primary amides is 1. The maximum absolute atomic E-state index is 11.1. The molecule has 0 atom stereocenters. The van der Waals surface area contributed by atoms with E-state index in [1.807, 2.05) is 13.1 Å². The van der Waals surface area contributed by atoms with Crippen molar-refractivity contribution in [2.75, 3.05) is 25.0 Å². The molecule has 104 valence electrons. The van der Waals surface area contributed by atoms with E-state index < -0.39 is 5.91 Å². The van der Waals surface area contributed by atoms with E-state index in [9.17, 15) is 4.79 Å². The summed E-state index contributed by atoms with van der Waals surface area (Å²) >= 11 is 6.25. The molecule has 0 radical (unpaired) electrons. The van der Waals surface area contributed by atoms with Gasteiger partial charge in [0.1, 0.15) is 0 Å². The van der Waals surface area contributed by atoms with Crippen molar-refractivity contribution >= 4 is 23.2 Å². The third-order valence-electron chi connectivity index (χ3n) is 4.04. The zero-order chi connectivity index (χ0) is 14.0. The molecule has 1 aliphatic heterocycles. The quantitative estimate of drug-likeness (QED) is 0.891. The highest BCUT2D eigenvalue weighted by atomic mass is 35.5. The average molecular weight is 282 g/mol. The van der Waals surface area contributed by atoms with E-state index in [-0.39, 0.29) is 5.54 Å². The number of carbonyl (C=O) groups excluding carboxylic acids is 1. The molecular weight excluding hydrogens is 262 g/mol. The molecule has 1 saturated heterocycles. The molecule has 0 aliphatic carbocycles.